The van der Waals surface area contributed by atoms with Crippen molar-refractivity contribution < 1.29 is 49.3 Å². The number of hydrogen-bond donors (Lipinski definition) is 0. The van der Waals surface area contributed by atoms with Gasteiger partial charge in [-0.15, -0.1) is 0 Å². The molecule has 1 saturated heterocycles. The van der Waals surface area contributed by atoms with Crippen LogP contribution < -0.4 is 9.33 Å². The van der Waals surface area contributed by atoms with E-state index < -0.39 is 71.0 Å². The van der Waals surface area contributed by atoms with Crippen LogP contribution in [0, 0.1) is 35.5 Å². The summed E-state index contributed by atoms with van der Waals surface area (Å²) in [6.45, 7) is 11.6. The first-order valence-electron chi connectivity index (χ1n) is 13.4. The normalized spacial score (nSPS) is 31.7. The quantitative estimate of drug-likeness (QED) is 0.155. The standard InChI is InChI=1S/C29H30F3NO8SSi/c1-17-24(39-42(36,37)29(30,31)32)23(34)19-12-10-8-9-11-13-22-27(17)28(19,41-27)20-16-18(40-43(6,7)26(2,3)4)14-15-21(20)33(22)25(35)38-5/h8-9,14-17,19,22,24H,1-7H3/b9-8-/t17-,19+,22-,24-,27-,28+/m0/s1. The number of nitrogens with zero attached hydrogens (tertiary/aromatic N) is 1. The summed E-state index contributed by atoms with van der Waals surface area (Å²) < 4.78 is 87.2. The van der Waals surface area contributed by atoms with E-state index in [4.69, 9.17) is 13.9 Å². The van der Waals surface area contributed by atoms with Gasteiger partial charge < -0.3 is 13.9 Å². The van der Waals surface area contributed by atoms with Crippen LogP contribution in [0.25, 0.3) is 0 Å². The van der Waals surface area contributed by atoms with Crippen LogP contribution in [0.5, 0.6) is 5.75 Å². The summed E-state index contributed by atoms with van der Waals surface area (Å²) in [5, 5.41) is -0.180. The first-order valence-corrected chi connectivity index (χ1v) is 17.7. The Hall–Kier alpha value is -3.30. The molecule has 0 N–H and O–H groups in total. The van der Waals surface area contributed by atoms with E-state index in [0.29, 0.717) is 11.3 Å². The number of fused-ring (bicyclic) bond motifs is 1. The van der Waals surface area contributed by atoms with Crippen LogP contribution >= 0.6 is 0 Å². The lowest BCUT2D eigenvalue weighted by Gasteiger charge is -2.47. The molecule has 6 atom stereocenters. The summed E-state index contributed by atoms with van der Waals surface area (Å²) in [5.74, 6) is 7.74. The molecule has 0 unspecified atom stereocenters. The number of ether oxygens (including phenoxy) is 2. The average Bonchev–Trinajstić information content (AvgIpc) is 3.61. The third-order valence-corrected chi connectivity index (χ3v) is 14.4. The van der Waals surface area contributed by atoms with Crippen molar-refractivity contribution in [1.82, 2.24) is 0 Å². The summed E-state index contributed by atoms with van der Waals surface area (Å²) in [7, 11) is -7.43. The van der Waals surface area contributed by atoms with E-state index in [-0.39, 0.29) is 10.7 Å². The molecule has 4 aliphatic rings. The first-order chi connectivity index (χ1) is 19.8. The van der Waals surface area contributed by atoms with Gasteiger partial charge in [0.05, 0.1) is 12.8 Å². The molecule has 230 valence electrons. The van der Waals surface area contributed by atoms with Crippen LogP contribution in [0.3, 0.4) is 0 Å². The molecule has 0 spiro atoms. The van der Waals surface area contributed by atoms with Crippen molar-refractivity contribution in [3.63, 3.8) is 0 Å². The zero-order valence-corrected chi connectivity index (χ0v) is 26.3. The summed E-state index contributed by atoms with van der Waals surface area (Å²) in [4.78, 5) is 28.5. The van der Waals surface area contributed by atoms with Crippen LogP contribution in [0.2, 0.25) is 18.1 Å². The number of epoxide rings is 1. The highest BCUT2D eigenvalue weighted by atomic mass is 32.2. The Morgan fingerprint density at radius 2 is 1.74 bits per heavy atom. The number of halogens is 3. The first kappa shape index (κ1) is 31.1. The predicted molar refractivity (Wildman–Crippen MR) is 151 cm³/mol. The lowest BCUT2D eigenvalue weighted by atomic mass is 9.58. The summed E-state index contributed by atoms with van der Waals surface area (Å²) in [6, 6.07) is 3.70. The fourth-order valence-electron chi connectivity index (χ4n) is 5.90. The predicted octanol–water partition coefficient (Wildman–Crippen LogP) is 4.64. The van der Waals surface area contributed by atoms with Crippen LogP contribution in [0.1, 0.15) is 33.3 Å². The molecule has 1 amide bonds. The molecule has 4 bridgehead atoms. The molecule has 14 heteroatoms. The molecule has 43 heavy (non-hydrogen) atoms. The van der Waals surface area contributed by atoms with E-state index in [1.54, 1.807) is 18.2 Å². The fourth-order valence-corrected chi connectivity index (χ4v) is 7.56. The van der Waals surface area contributed by atoms with Gasteiger partial charge in [-0.3, -0.25) is 13.9 Å². The van der Waals surface area contributed by atoms with E-state index in [1.165, 1.54) is 24.0 Å². The highest BCUT2D eigenvalue weighted by Crippen LogP contribution is 2.73. The number of allylic oxidation sites excluding steroid dienone is 2. The van der Waals surface area contributed by atoms with Crippen LogP contribution in [0.4, 0.5) is 23.7 Å². The second kappa shape index (κ2) is 9.60. The number of rotatable bonds is 4. The van der Waals surface area contributed by atoms with Gasteiger partial charge in [0.1, 0.15) is 35.0 Å². The van der Waals surface area contributed by atoms with Gasteiger partial charge in [-0.05, 0) is 48.5 Å². The van der Waals surface area contributed by atoms with Crippen molar-refractivity contribution in [1.29, 1.82) is 0 Å². The number of ketones is 1. The van der Waals surface area contributed by atoms with E-state index in [1.807, 2.05) is 13.1 Å². The molecule has 2 heterocycles. The molecule has 2 aliphatic carbocycles. The third-order valence-electron chi connectivity index (χ3n) is 9.02. The highest BCUT2D eigenvalue weighted by molar-refractivity contribution is 7.87. The second-order valence-corrected chi connectivity index (χ2v) is 18.7. The fraction of sp³-hybridized carbons (Fsp3) is 0.517. The summed E-state index contributed by atoms with van der Waals surface area (Å²) in [5.41, 5.74) is -8.52. The maximum atomic E-state index is 13.9. The van der Waals surface area contributed by atoms with Crippen LogP contribution in [-0.4, -0.2) is 59.0 Å². The van der Waals surface area contributed by atoms with Crippen molar-refractivity contribution >= 4 is 36.0 Å². The van der Waals surface area contributed by atoms with Gasteiger partial charge in [0.15, 0.2) is 5.78 Å². The largest absolute Gasteiger partial charge is 0.543 e. The average molecular weight is 638 g/mol. The Labute approximate surface area is 248 Å². The minimum absolute atomic E-state index is 0.180. The monoisotopic (exact) mass is 637 g/mol. The van der Waals surface area contributed by atoms with Crippen molar-refractivity contribution in [2.24, 2.45) is 11.8 Å². The maximum absolute atomic E-state index is 13.9. The number of hydrogen-bond acceptors (Lipinski definition) is 8. The van der Waals surface area contributed by atoms with Gasteiger partial charge in [-0.1, -0.05) is 51.4 Å². The number of Topliss-reactive ketones (excluding diaryl/α,β-unsaturated/α-hetero) is 1. The SMILES string of the molecule is COC(=O)N1c2ccc(O[Si](C)(C)C(C)(C)C)cc2[C@@]23O[C@@]24[C@@H]1C#C/C=C\C#C[C@@H]3C(=O)[C@@H](OS(=O)(=O)C(F)(F)F)[C@@H]4C. The molecule has 0 aromatic heterocycles. The number of carbonyl (C=O) groups is 2. The van der Waals surface area contributed by atoms with Crippen molar-refractivity contribution in [3.8, 4) is 29.4 Å². The molecule has 1 aromatic carbocycles. The Bertz CT molecular complexity index is 1680. The smallest absolute Gasteiger partial charge is 0.523 e. The highest BCUT2D eigenvalue weighted by Gasteiger charge is 2.87. The lowest BCUT2D eigenvalue weighted by Crippen LogP contribution is -2.65. The molecule has 2 fully saturated rings. The van der Waals surface area contributed by atoms with Gasteiger partial charge in [-0.25, -0.2) is 4.79 Å². The molecule has 5 rings (SSSR count). The molecule has 2 aliphatic heterocycles. The van der Waals surface area contributed by atoms with E-state index in [9.17, 15) is 31.2 Å². The number of methoxy groups -OCH3 is 1. The minimum atomic E-state index is -6.20. The zero-order chi connectivity index (χ0) is 32.0. The molecule has 9 nitrogen and oxygen atoms in total. The van der Waals surface area contributed by atoms with Gasteiger partial charge in [-0.2, -0.15) is 21.6 Å². The van der Waals surface area contributed by atoms with Gasteiger partial charge in [0, 0.05) is 11.5 Å². The minimum Gasteiger partial charge on any atom is -0.543 e. The maximum Gasteiger partial charge on any atom is 0.523 e. The summed E-state index contributed by atoms with van der Waals surface area (Å²) >= 11 is 0. The third kappa shape index (κ3) is 4.33. The number of carbonyl (C=O) groups excluding carboxylic acids is 2. The number of amides is 1. The van der Waals surface area contributed by atoms with E-state index in [2.05, 4.69) is 48.6 Å². The Balaban J connectivity index is 1.78. The topological polar surface area (TPSA) is 112 Å². The molecular weight excluding hydrogens is 607 g/mol. The zero-order valence-electron chi connectivity index (χ0n) is 24.5. The van der Waals surface area contributed by atoms with Crippen molar-refractivity contribution in [2.45, 2.75) is 74.7 Å². The van der Waals surface area contributed by atoms with Crippen LogP contribution in [-0.2, 0) is 34.2 Å². The van der Waals surface area contributed by atoms with E-state index >= 15 is 0 Å². The number of benzene rings is 1. The van der Waals surface area contributed by atoms with Gasteiger partial charge in [0.25, 0.3) is 0 Å². The Morgan fingerprint density at radius 1 is 1.12 bits per heavy atom. The molecular formula is C29H30F3NO8SSi. The van der Waals surface area contributed by atoms with E-state index in [0.717, 1.165) is 7.11 Å². The molecule has 1 aromatic rings. The molecule has 0 radical (unpaired) electrons. The Kier molecular flexibility index (Phi) is 6.95. The summed E-state index contributed by atoms with van der Waals surface area (Å²) in [6.07, 6.45) is -0.261. The lowest BCUT2D eigenvalue weighted by molar-refractivity contribution is -0.136. The number of alkyl halides is 3. The Morgan fingerprint density at radius 3 is 2.33 bits per heavy atom. The van der Waals surface area contributed by atoms with Crippen molar-refractivity contribution in [2.75, 3.05) is 12.0 Å². The van der Waals surface area contributed by atoms with Crippen LogP contribution in [0.15, 0.2) is 30.4 Å². The van der Waals surface area contributed by atoms with Gasteiger partial charge in [0.2, 0.25) is 8.32 Å². The molecule has 1 saturated carbocycles. The van der Waals surface area contributed by atoms with Gasteiger partial charge >= 0.3 is 21.7 Å². The van der Waals surface area contributed by atoms with Crippen molar-refractivity contribution in [3.05, 3.63) is 35.9 Å². The number of anilines is 1. The second-order valence-electron chi connectivity index (χ2n) is 12.4.